The van der Waals surface area contributed by atoms with Crippen molar-refractivity contribution in [2.45, 2.75) is 59.5 Å². The SMILES string of the molecule is CCC(C)NC(=O)CCNC(C)c1sc(C)nc1C. The lowest BCUT2D eigenvalue weighted by molar-refractivity contribution is -0.121. The van der Waals surface area contributed by atoms with E-state index in [1.807, 2.05) is 20.8 Å². The Balaban J connectivity index is 2.33. The molecule has 1 rings (SSSR count). The number of thiazole rings is 1. The monoisotopic (exact) mass is 283 g/mol. The maximum Gasteiger partial charge on any atom is 0.221 e. The molecule has 0 saturated carbocycles. The molecule has 0 spiro atoms. The van der Waals surface area contributed by atoms with Crippen LogP contribution in [0.4, 0.5) is 0 Å². The molecule has 0 aliphatic heterocycles. The van der Waals surface area contributed by atoms with E-state index in [0.717, 1.165) is 17.1 Å². The van der Waals surface area contributed by atoms with Crippen LogP contribution >= 0.6 is 11.3 Å². The number of hydrogen-bond donors (Lipinski definition) is 2. The van der Waals surface area contributed by atoms with Crippen LogP contribution in [0.3, 0.4) is 0 Å². The third kappa shape index (κ3) is 5.28. The van der Waals surface area contributed by atoms with Gasteiger partial charge < -0.3 is 10.6 Å². The standard InChI is InChI=1S/C14H25N3OS/c1-6-9(2)16-13(18)7-8-15-10(3)14-11(4)17-12(5)19-14/h9-10,15H,6-8H2,1-5H3,(H,16,18). The molecule has 2 N–H and O–H groups in total. The van der Waals surface area contributed by atoms with Crippen molar-refractivity contribution in [2.75, 3.05) is 6.54 Å². The summed E-state index contributed by atoms with van der Waals surface area (Å²) in [4.78, 5) is 17.3. The fourth-order valence-electron chi connectivity index (χ4n) is 1.89. The van der Waals surface area contributed by atoms with Crippen molar-refractivity contribution in [2.24, 2.45) is 0 Å². The highest BCUT2D eigenvalue weighted by Crippen LogP contribution is 2.24. The maximum absolute atomic E-state index is 11.6. The number of nitrogens with zero attached hydrogens (tertiary/aromatic N) is 1. The normalized spacial score (nSPS) is 14.2. The average molecular weight is 283 g/mol. The Bertz CT molecular complexity index is 417. The maximum atomic E-state index is 11.6. The van der Waals surface area contributed by atoms with Crippen molar-refractivity contribution in [3.63, 3.8) is 0 Å². The summed E-state index contributed by atoms with van der Waals surface area (Å²) in [6.45, 7) is 11.0. The topological polar surface area (TPSA) is 54.0 Å². The quantitative estimate of drug-likeness (QED) is 0.809. The van der Waals surface area contributed by atoms with Crippen LogP contribution in [0.5, 0.6) is 0 Å². The molecule has 1 heterocycles. The van der Waals surface area contributed by atoms with Crippen molar-refractivity contribution in [3.8, 4) is 0 Å². The fraction of sp³-hybridized carbons (Fsp3) is 0.714. The molecule has 5 heteroatoms. The lowest BCUT2D eigenvalue weighted by Gasteiger charge is -2.14. The van der Waals surface area contributed by atoms with Gasteiger partial charge in [-0.15, -0.1) is 11.3 Å². The zero-order valence-electron chi connectivity index (χ0n) is 12.5. The summed E-state index contributed by atoms with van der Waals surface area (Å²) in [5.74, 6) is 0.117. The van der Waals surface area contributed by atoms with Gasteiger partial charge in [-0.3, -0.25) is 4.79 Å². The van der Waals surface area contributed by atoms with Crippen molar-refractivity contribution >= 4 is 17.2 Å². The Morgan fingerprint density at radius 2 is 2.05 bits per heavy atom. The van der Waals surface area contributed by atoms with E-state index in [2.05, 4.69) is 29.5 Å². The van der Waals surface area contributed by atoms with Crippen LogP contribution in [-0.4, -0.2) is 23.5 Å². The smallest absolute Gasteiger partial charge is 0.221 e. The molecule has 0 bridgehead atoms. The fourth-order valence-corrected chi connectivity index (χ4v) is 2.85. The lowest BCUT2D eigenvalue weighted by Crippen LogP contribution is -2.34. The van der Waals surface area contributed by atoms with Gasteiger partial charge in [-0.05, 0) is 34.1 Å². The van der Waals surface area contributed by atoms with E-state index in [1.165, 1.54) is 4.88 Å². The minimum atomic E-state index is 0.117. The van der Waals surface area contributed by atoms with Crippen molar-refractivity contribution in [1.29, 1.82) is 0 Å². The highest BCUT2D eigenvalue weighted by Gasteiger charge is 2.13. The molecule has 19 heavy (non-hydrogen) atoms. The first-order chi connectivity index (χ1) is 8.93. The molecule has 1 aromatic heterocycles. The van der Waals surface area contributed by atoms with E-state index >= 15 is 0 Å². The Morgan fingerprint density at radius 3 is 2.58 bits per heavy atom. The van der Waals surface area contributed by atoms with Gasteiger partial charge >= 0.3 is 0 Å². The predicted octanol–water partition coefficient (Wildman–Crippen LogP) is 2.72. The summed E-state index contributed by atoms with van der Waals surface area (Å²) in [6, 6.07) is 0.513. The molecule has 2 atom stereocenters. The summed E-state index contributed by atoms with van der Waals surface area (Å²) < 4.78 is 0. The Hall–Kier alpha value is -0.940. The third-order valence-corrected chi connectivity index (χ3v) is 4.41. The van der Waals surface area contributed by atoms with E-state index in [-0.39, 0.29) is 18.0 Å². The number of hydrogen-bond acceptors (Lipinski definition) is 4. The van der Waals surface area contributed by atoms with E-state index in [4.69, 9.17) is 0 Å². The van der Waals surface area contributed by atoms with Crippen LogP contribution in [0.15, 0.2) is 0 Å². The second kappa shape index (κ2) is 7.60. The van der Waals surface area contributed by atoms with E-state index < -0.39 is 0 Å². The molecular formula is C14H25N3OS. The van der Waals surface area contributed by atoms with Crippen LogP contribution in [0.25, 0.3) is 0 Å². The van der Waals surface area contributed by atoms with Gasteiger partial charge in [-0.2, -0.15) is 0 Å². The molecule has 0 aliphatic carbocycles. The number of aromatic nitrogens is 1. The number of carbonyl (C=O) groups is 1. The van der Waals surface area contributed by atoms with Crippen molar-refractivity contribution in [1.82, 2.24) is 15.6 Å². The number of rotatable bonds is 7. The van der Waals surface area contributed by atoms with Gasteiger partial charge in [0, 0.05) is 29.9 Å². The molecule has 1 amide bonds. The van der Waals surface area contributed by atoms with Crippen molar-refractivity contribution < 1.29 is 4.79 Å². The zero-order chi connectivity index (χ0) is 14.4. The van der Waals surface area contributed by atoms with Gasteiger partial charge in [0.05, 0.1) is 10.7 Å². The second-order valence-corrected chi connectivity index (χ2v) is 6.22. The van der Waals surface area contributed by atoms with E-state index in [0.29, 0.717) is 13.0 Å². The van der Waals surface area contributed by atoms with Crippen LogP contribution in [0, 0.1) is 13.8 Å². The molecule has 4 nitrogen and oxygen atoms in total. The molecule has 108 valence electrons. The van der Waals surface area contributed by atoms with Gasteiger partial charge in [-0.25, -0.2) is 4.98 Å². The molecule has 1 aromatic rings. The highest BCUT2D eigenvalue weighted by molar-refractivity contribution is 7.11. The summed E-state index contributed by atoms with van der Waals surface area (Å²) in [5.41, 5.74) is 1.09. The summed E-state index contributed by atoms with van der Waals surface area (Å²) >= 11 is 1.72. The minimum Gasteiger partial charge on any atom is -0.354 e. The third-order valence-electron chi connectivity index (χ3n) is 3.16. The Kier molecular flexibility index (Phi) is 6.45. The first kappa shape index (κ1) is 16.1. The Morgan fingerprint density at radius 1 is 1.37 bits per heavy atom. The van der Waals surface area contributed by atoms with Crippen molar-refractivity contribution in [3.05, 3.63) is 15.6 Å². The average Bonchev–Trinajstić information content (AvgIpc) is 2.68. The summed E-state index contributed by atoms with van der Waals surface area (Å²) in [7, 11) is 0. The number of nitrogens with one attached hydrogen (secondary N) is 2. The molecule has 2 unspecified atom stereocenters. The van der Waals surface area contributed by atoms with E-state index in [1.54, 1.807) is 11.3 Å². The summed E-state index contributed by atoms with van der Waals surface area (Å²) in [5, 5.41) is 7.45. The second-order valence-electron chi connectivity index (χ2n) is 4.99. The number of carbonyl (C=O) groups excluding carboxylic acids is 1. The minimum absolute atomic E-state index is 0.117. The zero-order valence-corrected chi connectivity index (χ0v) is 13.4. The van der Waals surface area contributed by atoms with Gasteiger partial charge in [-0.1, -0.05) is 6.92 Å². The highest BCUT2D eigenvalue weighted by atomic mass is 32.1. The molecule has 0 aliphatic rings. The first-order valence-electron chi connectivity index (χ1n) is 6.90. The summed E-state index contributed by atoms with van der Waals surface area (Å²) in [6.07, 6.45) is 1.49. The van der Waals surface area contributed by atoms with E-state index in [9.17, 15) is 4.79 Å². The molecule has 0 fully saturated rings. The van der Waals surface area contributed by atoms with Gasteiger partial charge in [0.2, 0.25) is 5.91 Å². The van der Waals surface area contributed by atoms with Gasteiger partial charge in [0.1, 0.15) is 0 Å². The van der Waals surface area contributed by atoms with Gasteiger partial charge in [0.25, 0.3) is 0 Å². The molecule has 0 aromatic carbocycles. The van der Waals surface area contributed by atoms with Crippen LogP contribution < -0.4 is 10.6 Å². The lowest BCUT2D eigenvalue weighted by atomic mass is 10.2. The predicted molar refractivity (Wildman–Crippen MR) is 80.5 cm³/mol. The molecule has 0 saturated heterocycles. The molecular weight excluding hydrogens is 258 g/mol. The number of aryl methyl sites for hydroxylation is 2. The van der Waals surface area contributed by atoms with Crippen LogP contribution in [0.2, 0.25) is 0 Å². The van der Waals surface area contributed by atoms with Crippen LogP contribution in [-0.2, 0) is 4.79 Å². The first-order valence-corrected chi connectivity index (χ1v) is 7.72. The molecule has 0 radical (unpaired) electrons. The van der Waals surface area contributed by atoms with Crippen LogP contribution in [0.1, 0.15) is 55.2 Å². The Labute approximate surface area is 120 Å². The number of amides is 1. The van der Waals surface area contributed by atoms with Gasteiger partial charge in [0.15, 0.2) is 0 Å². The largest absolute Gasteiger partial charge is 0.354 e.